The van der Waals surface area contributed by atoms with Gasteiger partial charge in [-0.3, -0.25) is 4.79 Å². The highest BCUT2D eigenvalue weighted by atomic mass is 16.3. The van der Waals surface area contributed by atoms with Crippen LogP contribution in [-0.2, 0) is 11.2 Å². The summed E-state index contributed by atoms with van der Waals surface area (Å²) in [5.41, 5.74) is 3.95. The zero-order valence-corrected chi connectivity index (χ0v) is 8.37. The standard InChI is InChI=1S/C11H13NO2/c1-7-5-10(14)8(2)9-3-4-12(6-13)11(7)9/h5-6,14H,3-4H2,1-2H3. The highest BCUT2D eigenvalue weighted by Gasteiger charge is 2.23. The van der Waals surface area contributed by atoms with Gasteiger partial charge in [-0.05, 0) is 43.0 Å². The van der Waals surface area contributed by atoms with Gasteiger partial charge in [0, 0.05) is 6.54 Å². The Morgan fingerprint density at radius 2 is 2.21 bits per heavy atom. The van der Waals surface area contributed by atoms with E-state index in [0.717, 1.165) is 41.8 Å². The van der Waals surface area contributed by atoms with Crippen molar-refractivity contribution in [1.82, 2.24) is 0 Å². The Labute approximate surface area is 83.0 Å². The monoisotopic (exact) mass is 191 g/mol. The number of amides is 1. The van der Waals surface area contributed by atoms with Crippen molar-refractivity contribution in [2.24, 2.45) is 0 Å². The van der Waals surface area contributed by atoms with Crippen molar-refractivity contribution in [3.63, 3.8) is 0 Å². The molecule has 74 valence electrons. The molecule has 0 fully saturated rings. The van der Waals surface area contributed by atoms with Gasteiger partial charge in [-0.2, -0.15) is 0 Å². The molecule has 1 heterocycles. The summed E-state index contributed by atoms with van der Waals surface area (Å²) in [4.78, 5) is 12.5. The summed E-state index contributed by atoms with van der Waals surface area (Å²) in [5, 5.41) is 9.62. The van der Waals surface area contributed by atoms with Gasteiger partial charge < -0.3 is 10.0 Å². The van der Waals surface area contributed by atoms with Crippen LogP contribution in [0.3, 0.4) is 0 Å². The van der Waals surface area contributed by atoms with E-state index in [2.05, 4.69) is 0 Å². The van der Waals surface area contributed by atoms with Crippen LogP contribution in [0.25, 0.3) is 0 Å². The van der Waals surface area contributed by atoms with E-state index in [-0.39, 0.29) is 0 Å². The molecule has 0 saturated heterocycles. The van der Waals surface area contributed by atoms with E-state index in [1.54, 1.807) is 11.0 Å². The van der Waals surface area contributed by atoms with E-state index in [9.17, 15) is 9.90 Å². The van der Waals surface area contributed by atoms with Crippen LogP contribution in [-0.4, -0.2) is 18.1 Å². The van der Waals surface area contributed by atoms with E-state index < -0.39 is 0 Å². The molecule has 1 aromatic carbocycles. The van der Waals surface area contributed by atoms with Gasteiger partial charge in [-0.15, -0.1) is 0 Å². The lowest BCUT2D eigenvalue weighted by atomic mass is 10.0. The molecule has 3 nitrogen and oxygen atoms in total. The molecule has 1 aliphatic heterocycles. The second-order valence-electron chi connectivity index (χ2n) is 3.71. The molecule has 1 N–H and O–H groups in total. The number of hydrogen-bond acceptors (Lipinski definition) is 2. The fraction of sp³-hybridized carbons (Fsp3) is 0.364. The number of rotatable bonds is 1. The SMILES string of the molecule is Cc1cc(O)c(C)c2c1N(C=O)CC2. The summed E-state index contributed by atoms with van der Waals surface area (Å²) in [6.45, 7) is 4.53. The van der Waals surface area contributed by atoms with E-state index in [1.807, 2.05) is 13.8 Å². The van der Waals surface area contributed by atoms with E-state index in [4.69, 9.17) is 0 Å². The molecule has 0 aromatic heterocycles. The maximum atomic E-state index is 10.8. The molecule has 2 rings (SSSR count). The third kappa shape index (κ3) is 1.09. The number of aryl methyl sites for hydroxylation is 1. The van der Waals surface area contributed by atoms with Crippen LogP contribution in [0.1, 0.15) is 16.7 Å². The molecule has 0 saturated carbocycles. The summed E-state index contributed by atoms with van der Waals surface area (Å²) in [5.74, 6) is 0.328. The number of carbonyl (C=O) groups is 1. The van der Waals surface area contributed by atoms with Crippen molar-refractivity contribution in [3.05, 3.63) is 22.8 Å². The van der Waals surface area contributed by atoms with Crippen LogP contribution < -0.4 is 4.90 Å². The van der Waals surface area contributed by atoms with Crippen molar-refractivity contribution in [1.29, 1.82) is 0 Å². The first-order valence-electron chi connectivity index (χ1n) is 4.69. The van der Waals surface area contributed by atoms with Crippen LogP contribution in [0.2, 0.25) is 0 Å². The average Bonchev–Trinajstić information content (AvgIpc) is 2.58. The van der Waals surface area contributed by atoms with Gasteiger partial charge in [0.25, 0.3) is 0 Å². The topological polar surface area (TPSA) is 40.5 Å². The third-order valence-corrected chi connectivity index (χ3v) is 2.87. The number of hydrogen-bond donors (Lipinski definition) is 1. The fourth-order valence-corrected chi connectivity index (χ4v) is 2.11. The number of carbonyl (C=O) groups excluding carboxylic acids is 1. The van der Waals surface area contributed by atoms with Gasteiger partial charge in [0.05, 0.1) is 5.69 Å². The normalized spacial score (nSPS) is 14.3. The zero-order chi connectivity index (χ0) is 10.3. The zero-order valence-electron chi connectivity index (χ0n) is 8.37. The molecule has 0 bridgehead atoms. The second-order valence-corrected chi connectivity index (χ2v) is 3.71. The van der Waals surface area contributed by atoms with Gasteiger partial charge >= 0.3 is 0 Å². The molecule has 1 aromatic rings. The number of aromatic hydroxyl groups is 1. The van der Waals surface area contributed by atoms with Crippen molar-refractivity contribution >= 4 is 12.1 Å². The smallest absolute Gasteiger partial charge is 0.214 e. The van der Waals surface area contributed by atoms with Gasteiger partial charge in [0.1, 0.15) is 5.75 Å². The van der Waals surface area contributed by atoms with Crippen molar-refractivity contribution in [2.45, 2.75) is 20.3 Å². The molecule has 0 aliphatic carbocycles. The Balaban J connectivity index is 2.66. The molecule has 0 spiro atoms. The lowest BCUT2D eigenvalue weighted by Crippen LogP contribution is -2.18. The molecule has 3 heteroatoms. The number of benzene rings is 1. The van der Waals surface area contributed by atoms with Crippen LogP contribution in [0.15, 0.2) is 6.07 Å². The van der Waals surface area contributed by atoms with Crippen LogP contribution >= 0.6 is 0 Å². The fourth-order valence-electron chi connectivity index (χ4n) is 2.11. The van der Waals surface area contributed by atoms with Crippen molar-refractivity contribution in [3.8, 4) is 5.75 Å². The van der Waals surface area contributed by atoms with E-state index in [0.29, 0.717) is 5.75 Å². The van der Waals surface area contributed by atoms with Crippen LogP contribution in [0.5, 0.6) is 5.75 Å². The lowest BCUT2D eigenvalue weighted by molar-refractivity contribution is -0.107. The number of anilines is 1. The summed E-state index contributed by atoms with van der Waals surface area (Å²) in [7, 11) is 0. The molecule has 1 aliphatic rings. The predicted molar refractivity (Wildman–Crippen MR) is 54.7 cm³/mol. The average molecular weight is 191 g/mol. The minimum Gasteiger partial charge on any atom is -0.508 e. The third-order valence-electron chi connectivity index (χ3n) is 2.87. The lowest BCUT2D eigenvalue weighted by Gasteiger charge is -2.14. The number of nitrogens with zero attached hydrogens (tertiary/aromatic N) is 1. The molecule has 1 amide bonds. The Kier molecular flexibility index (Phi) is 1.95. The molecule has 0 atom stereocenters. The molecular formula is C11H13NO2. The summed E-state index contributed by atoms with van der Waals surface area (Å²) >= 11 is 0. The first kappa shape index (κ1) is 9.06. The van der Waals surface area contributed by atoms with Crippen molar-refractivity contribution in [2.75, 3.05) is 11.4 Å². The van der Waals surface area contributed by atoms with Gasteiger partial charge in [0.2, 0.25) is 6.41 Å². The maximum Gasteiger partial charge on any atom is 0.214 e. The van der Waals surface area contributed by atoms with Crippen molar-refractivity contribution < 1.29 is 9.90 Å². The molecular weight excluding hydrogens is 178 g/mol. The predicted octanol–water partition coefficient (Wildman–Crippen LogP) is 1.53. The van der Waals surface area contributed by atoms with E-state index in [1.165, 1.54) is 0 Å². The quantitative estimate of drug-likeness (QED) is 0.684. The highest BCUT2D eigenvalue weighted by Crippen LogP contribution is 2.37. The number of phenolic OH excluding ortho intramolecular Hbond substituents is 1. The maximum absolute atomic E-state index is 10.8. The Morgan fingerprint density at radius 3 is 2.86 bits per heavy atom. The Bertz CT molecular complexity index is 399. The number of fused-ring (bicyclic) bond motifs is 1. The largest absolute Gasteiger partial charge is 0.508 e. The first-order chi connectivity index (χ1) is 6.65. The van der Waals surface area contributed by atoms with Crippen LogP contribution in [0, 0.1) is 13.8 Å². The molecule has 0 radical (unpaired) electrons. The summed E-state index contributed by atoms with van der Waals surface area (Å²) in [6.07, 6.45) is 1.70. The van der Waals surface area contributed by atoms with Crippen LogP contribution in [0.4, 0.5) is 5.69 Å². The van der Waals surface area contributed by atoms with Gasteiger partial charge in [-0.1, -0.05) is 0 Å². The van der Waals surface area contributed by atoms with Gasteiger partial charge in [-0.25, -0.2) is 0 Å². The summed E-state index contributed by atoms with van der Waals surface area (Å²) in [6, 6.07) is 1.72. The molecule has 0 unspecified atom stereocenters. The Morgan fingerprint density at radius 1 is 1.50 bits per heavy atom. The van der Waals surface area contributed by atoms with Gasteiger partial charge in [0.15, 0.2) is 0 Å². The minimum absolute atomic E-state index is 0.328. The minimum atomic E-state index is 0.328. The van der Waals surface area contributed by atoms with E-state index >= 15 is 0 Å². The highest BCUT2D eigenvalue weighted by molar-refractivity contribution is 5.83. The number of phenols is 1. The Hall–Kier alpha value is -1.51. The molecule has 14 heavy (non-hydrogen) atoms. The summed E-state index contributed by atoms with van der Waals surface area (Å²) < 4.78 is 0. The first-order valence-corrected chi connectivity index (χ1v) is 4.69. The second kappa shape index (κ2) is 3.01.